The molecule has 0 spiro atoms. The second-order valence-electron chi connectivity index (χ2n) is 15.6. The Morgan fingerprint density at radius 3 is 1.52 bits per heavy atom. The lowest BCUT2D eigenvalue weighted by atomic mass is 9.99. The van der Waals surface area contributed by atoms with Gasteiger partial charge in [0.2, 0.25) is 0 Å². The Bertz CT molecular complexity index is 3350. The monoisotopic (exact) mass is 782 g/mol. The number of hydrogen-bond acceptors (Lipinski definition) is 2. The molecule has 0 saturated carbocycles. The van der Waals surface area contributed by atoms with Gasteiger partial charge in [0.05, 0.1) is 22.1 Å². The topological polar surface area (TPSA) is 25.1 Å². The van der Waals surface area contributed by atoms with Gasteiger partial charge in [-0.25, -0.2) is 0 Å². The van der Waals surface area contributed by atoms with Crippen molar-refractivity contribution in [3.8, 4) is 22.5 Å². The first-order valence-corrected chi connectivity index (χ1v) is 20.8. The van der Waals surface area contributed by atoms with Crippen LogP contribution in [0.25, 0.3) is 71.8 Å². The lowest BCUT2D eigenvalue weighted by Gasteiger charge is -2.29. The third-order valence-electron chi connectivity index (χ3n) is 11.9. The highest BCUT2D eigenvalue weighted by atomic mass is 15.1. The standard InChI is InChI=1S/C57H42N4/c1-40(59(45-23-11-4-12-24-45)39-41-19-7-2-8-20-41)49-37-52-51-36-43(42-31-33-55-50(35-42)48-29-17-18-30-54(48)60(55)46-25-13-5-14-26-46)32-34-56(51)61(47-27-15-6-16-28-47)57(52)38-53(49)58-44-21-9-3-10-22-44/h2-38,58H,1,39H2. The highest BCUT2D eigenvalue weighted by molar-refractivity contribution is 6.14. The van der Waals surface area contributed by atoms with E-state index in [0.29, 0.717) is 6.54 Å². The quantitative estimate of drug-likeness (QED) is 0.149. The number of fused-ring (bicyclic) bond motifs is 6. The SMILES string of the molecule is C=C(c1cc2c3cc(-c4ccc5c(c4)c4ccccc4n5-c4ccccc4)ccc3n(-c3ccccc3)c2cc1Nc1ccccc1)N(Cc1ccccc1)c1ccccc1. The summed E-state index contributed by atoms with van der Waals surface area (Å²) < 4.78 is 4.77. The summed E-state index contributed by atoms with van der Waals surface area (Å²) in [5.74, 6) is 0. The van der Waals surface area contributed by atoms with Crippen LogP contribution in [-0.4, -0.2) is 9.13 Å². The molecule has 290 valence electrons. The predicted octanol–water partition coefficient (Wildman–Crippen LogP) is 15.0. The lowest BCUT2D eigenvalue weighted by molar-refractivity contribution is 0.985. The van der Waals surface area contributed by atoms with Crippen molar-refractivity contribution in [2.45, 2.75) is 6.54 Å². The second-order valence-corrected chi connectivity index (χ2v) is 15.6. The van der Waals surface area contributed by atoms with Crippen LogP contribution >= 0.6 is 0 Å². The normalized spacial score (nSPS) is 11.4. The Hall–Kier alpha value is -8.08. The first kappa shape index (κ1) is 36.0. The van der Waals surface area contributed by atoms with Crippen LogP contribution in [0.4, 0.5) is 17.1 Å². The zero-order valence-corrected chi connectivity index (χ0v) is 33.6. The van der Waals surface area contributed by atoms with Crippen LogP contribution in [0.2, 0.25) is 0 Å². The maximum Gasteiger partial charge on any atom is 0.0562 e. The molecule has 0 aliphatic heterocycles. The largest absolute Gasteiger partial charge is 0.355 e. The fourth-order valence-electron chi connectivity index (χ4n) is 8.99. The number of benzene rings is 9. The molecule has 9 aromatic carbocycles. The van der Waals surface area contributed by atoms with Crippen molar-refractivity contribution < 1.29 is 0 Å². The van der Waals surface area contributed by atoms with E-state index in [9.17, 15) is 0 Å². The van der Waals surface area contributed by atoms with Gasteiger partial charge >= 0.3 is 0 Å². The van der Waals surface area contributed by atoms with E-state index in [-0.39, 0.29) is 0 Å². The van der Waals surface area contributed by atoms with E-state index in [1.54, 1.807) is 0 Å². The minimum atomic E-state index is 0.672. The van der Waals surface area contributed by atoms with Gasteiger partial charge in [0.15, 0.2) is 0 Å². The van der Waals surface area contributed by atoms with Gasteiger partial charge in [-0.3, -0.25) is 0 Å². The number of rotatable bonds is 10. The van der Waals surface area contributed by atoms with Crippen LogP contribution in [0, 0.1) is 0 Å². The third-order valence-corrected chi connectivity index (χ3v) is 11.9. The molecule has 0 bridgehead atoms. The molecule has 0 fully saturated rings. The van der Waals surface area contributed by atoms with Gasteiger partial charge in [0.1, 0.15) is 0 Å². The molecule has 0 amide bonds. The molecular weight excluding hydrogens is 741 g/mol. The Labute approximate surface area is 355 Å². The van der Waals surface area contributed by atoms with Crippen molar-refractivity contribution in [2.75, 3.05) is 10.2 Å². The summed E-state index contributed by atoms with van der Waals surface area (Å²) in [6.07, 6.45) is 0. The molecule has 0 aliphatic rings. The zero-order chi connectivity index (χ0) is 40.7. The van der Waals surface area contributed by atoms with Crippen LogP contribution in [0.5, 0.6) is 0 Å². The summed E-state index contributed by atoms with van der Waals surface area (Å²) in [7, 11) is 0. The van der Waals surface area contributed by atoms with E-state index in [1.165, 1.54) is 43.9 Å². The molecule has 2 aromatic heterocycles. The van der Waals surface area contributed by atoms with Gasteiger partial charge in [-0.2, -0.15) is 0 Å². The number of nitrogens with one attached hydrogen (secondary N) is 1. The van der Waals surface area contributed by atoms with E-state index in [2.05, 4.69) is 244 Å². The lowest BCUT2D eigenvalue weighted by Crippen LogP contribution is -2.21. The average molecular weight is 783 g/mol. The Balaban J connectivity index is 1.13. The minimum Gasteiger partial charge on any atom is -0.355 e. The first-order chi connectivity index (χ1) is 30.2. The summed E-state index contributed by atoms with van der Waals surface area (Å²) in [4.78, 5) is 2.33. The van der Waals surface area contributed by atoms with Crippen LogP contribution in [0.1, 0.15) is 11.1 Å². The molecule has 2 heterocycles. The van der Waals surface area contributed by atoms with Crippen LogP contribution in [0.3, 0.4) is 0 Å². The van der Waals surface area contributed by atoms with Gasteiger partial charge in [-0.1, -0.05) is 140 Å². The Morgan fingerprint density at radius 1 is 0.426 bits per heavy atom. The number of hydrogen-bond donors (Lipinski definition) is 1. The first-order valence-electron chi connectivity index (χ1n) is 20.8. The van der Waals surface area contributed by atoms with E-state index < -0.39 is 0 Å². The van der Waals surface area contributed by atoms with Crippen LogP contribution < -0.4 is 10.2 Å². The summed E-state index contributed by atoms with van der Waals surface area (Å²) in [6, 6.07) is 80.2. The van der Waals surface area contributed by atoms with E-state index in [0.717, 1.165) is 56.1 Å². The fourth-order valence-corrected chi connectivity index (χ4v) is 8.99. The molecule has 0 atom stereocenters. The highest BCUT2D eigenvalue weighted by Crippen LogP contribution is 2.42. The molecule has 0 aliphatic carbocycles. The number of para-hydroxylation sites is 5. The van der Waals surface area contributed by atoms with Gasteiger partial charge < -0.3 is 19.4 Å². The number of anilines is 3. The van der Waals surface area contributed by atoms with Gasteiger partial charge in [-0.05, 0) is 108 Å². The second kappa shape index (κ2) is 15.3. The van der Waals surface area contributed by atoms with Crippen molar-refractivity contribution in [1.82, 2.24) is 9.13 Å². The van der Waals surface area contributed by atoms with Crippen LogP contribution in [0.15, 0.2) is 231 Å². The molecule has 11 aromatic rings. The highest BCUT2D eigenvalue weighted by Gasteiger charge is 2.22. The fraction of sp³-hybridized carbons (Fsp3) is 0.0175. The molecule has 0 radical (unpaired) electrons. The van der Waals surface area contributed by atoms with Gasteiger partial charge in [-0.15, -0.1) is 0 Å². The van der Waals surface area contributed by atoms with Crippen molar-refractivity contribution in [1.29, 1.82) is 0 Å². The molecule has 61 heavy (non-hydrogen) atoms. The van der Waals surface area contributed by atoms with Crippen molar-refractivity contribution >= 4 is 66.4 Å². The maximum absolute atomic E-state index is 4.87. The van der Waals surface area contributed by atoms with Gasteiger partial charge in [0, 0.05) is 67.8 Å². The zero-order valence-electron chi connectivity index (χ0n) is 33.6. The molecule has 4 heteroatoms. The molecular formula is C57H42N4. The van der Waals surface area contributed by atoms with E-state index in [1.807, 2.05) is 0 Å². The molecule has 0 saturated heterocycles. The van der Waals surface area contributed by atoms with Crippen LogP contribution in [-0.2, 0) is 6.54 Å². The van der Waals surface area contributed by atoms with Crippen molar-refractivity contribution in [3.05, 3.63) is 242 Å². The molecule has 1 N–H and O–H groups in total. The van der Waals surface area contributed by atoms with E-state index >= 15 is 0 Å². The smallest absolute Gasteiger partial charge is 0.0562 e. The maximum atomic E-state index is 4.87. The number of nitrogens with zero attached hydrogens (tertiary/aromatic N) is 3. The number of aromatic nitrogens is 2. The minimum absolute atomic E-state index is 0.672. The predicted molar refractivity (Wildman–Crippen MR) is 258 cm³/mol. The molecule has 11 rings (SSSR count). The summed E-state index contributed by atoms with van der Waals surface area (Å²) in [5.41, 5.74) is 15.5. The van der Waals surface area contributed by atoms with Crippen molar-refractivity contribution in [2.24, 2.45) is 0 Å². The average Bonchev–Trinajstić information content (AvgIpc) is 3.83. The van der Waals surface area contributed by atoms with Crippen molar-refractivity contribution in [3.63, 3.8) is 0 Å². The van der Waals surface area contributed by atoms with Gasteiger partial charge in [0.25, 0.3) is 0 Å². The summed E-state index contributed by atoms with van der Waals surface area (Å²) >= 11 is 0. The summed E-state index contributed by atoms with van der Waals surface area (Å²) in [5, 5.41) is 8.63. The molecule has 4 nitrogen and oxygen atoms in total. The summed E-state index contributed by atoms with van der Waals surface area (Å²) in [6.45, 7) is 5.54. The Morgan fingerprint density at radius 2 is 0.902 bits per heavy atom. The third kappa shape index (κ3) is 6.52. The Kier molecular flexibility index (Phi) is 9.02. The van der Waals surface area contributed by atoms with E-state index in [4.69, 9.17) is 6.58 Å². The molecule has 0 unspecified atom stereocenters.